The van der Waals surface area contributed by atoms with Gasteiger partial charge in [0.25, 0.3) is 0 Å². The molecule has 0 heterocycles. The van der Waals surface area contributed by atoms with Crippen LogP contribution in [0.1, 0.15) is 0 Å². The molecule has 0 aromatic heterocycles. The van der Waals surface area contributed by atoms with Crippen LogP contribution in [0.3, 0.4) is 0 Å². The Bertz CT molecular complexity index is 64.7. The average Bonchev–Trinajstić information content (AvgIpc) is 1.39. The summed E-state index contributed by atoms with van der Waals surface area (Å²) in [6.45, 7) is 0. The summed E-state index contributed by atoms with van der Waals surface area (Å²) in [4.78, 5) is 0. The largest absolute Gasteiger partial charge is 2.00 e. The van der Waals surface area contributed by atoms with Crippen molar-refractivity contribution in [1.29, 1.82) is 10.5 Å². The van der Waals surface area contributed by atoms with Crippen LogP contribution in [0.15, 0.2) is 0 Å². The van der Waals surface area contributed by atoms with Crippen molar-refractivity contribution < 1.29 is 11.5 Å². The Balaban J connectivity index is -0.0000000400. The van der Waals surface area contributed by atoms with Gasteiger partial charge in [0.1, 0.15) is 0 Å². The highest BCUT2D eigenvalue weighted by Crippen LogP contribution is 0.797. The van der Waals surface area contributed by atoms with Gasteiger partial charge in [-0.2, -0.15) is 0 Å². The lowest BCUT2D eigenvalue weighted by molar-refractivity contribution is -0.252. The van der Waals surface area contributed by atoms with Gasteiger partial charge in [-0.3, -0.25) is 11.5 Å². The van der Waals surface area contributed by atoms with E-state index in [2.05, 4.69) is 11.5 Å². The molecule has 0 aliphatic carbocycles. The number of hydrogen-bond acceptors (Lipinski definition) is 2. The third kappa shape index (κ3) is 98.6. The van der Waals surface area contributed by atoms with Crippen molar-refractivity contribution in [1.82, 2.24) is 0 Å². The lowest BCUT2D eigenvalue weighted by Crippen LogP contribution is -2.39. The van der Waals surface area contributed by atoms with Crippen LogP contribution in [0.25, 0.3) is 0 Å². The fourth-order valence-corrected chi connectivity index (χ4v) is 0. The van der Waals surface area contributed by atoms with E-state index in [4.69, 9.17) is 10.5 Å². The smallest absolute Gasteiger partial charge is 0.303 e. The topological polar surface area (TPSA) is 103 Å². The number of nitriles is 2. The van der Waals surface area contributed by atoms with Gasteiger partial charge in [0, 0.05) is 0 Å². The third-order valence-electron chi connectivity index (χ3n) is 0. The van der Waals surface area contributed by atoms with E-state index in [1.54, 1.807) is 0 Å². The minimum absolute atomic E-state index is 0. The maximum atomic E-state index is 7.21. The van der Waals surface area contributed by atoms with E-state index in [9.17, 15) is 0 Å². The first-order chi connectivity index (χ1) is 2.83. The normalized spacial score (nSPS) is 2.29. The molecule has 0 rings (SSSR count). The van der Waals surface area contributed by atoms with Crippen molar-refractivity contribution in [3.05, 3.63) is 0 Å². The molecular formula is C2H6N4S. The number of rotatable bonds is 0. The molecule has 5 heteroatoms. The van der Waals surface area contributed by atoms with Crippen molar-refractivity contribution in [2.24, 2.45) is 0 Å². The molecule has 0 aromatic rings. The van der Waals surface area contributed by atoms with Crippen molar-refractivity contribution in [2.75, 3.05) is 0 Å². The van der Waals surface area contributed by atoms with E-state index in [0.29, 0.717) is 0 Å². The molecule has 0 unspecified atom stereocenters. The Labute approximate surface area is 48.8 Å². The standard InChI is InChI=1S/2CH2N2.S/c2*2-1-3;/h2*2H2;/q;;-2/p+2. The number of hydrogen-bond donors (Lipinski definition) is 2. The van der Waals surface area contributed by atoms with Crippen LogP contribution < -0.4 is 11.5 Å². The predicted octanol–water partition coefficient (Wildman–Crippen LogP) is -2.58. The molecule has 0 bridgehead atoms. The first-order valence-corrected chi connectivity index (χ1v) is 1.15. The summed E-state index contributed by atoms with van der Waals surface area (Å²) < 4.78 is 0. The quantitative estimate of drug-likeness (QED) is 0.341. The SMILES string of the molecule is N#C[NH3+].N#C[NH3+].[S-2]. The molecule has 0 saturated heterocycles. The second kappa shape index (κ2) is 60.7. The van der Waals surface area contributed by atoms with Crippen molar-refractivity contribution in [3.63, 3.8) is 0 Å². The minimum Gasteiger partial charge on any atom is -2.00 e. The molecule has 0 aromatic carbocycles. The van der Waals surface area contributed by atoms with Crippen LogP contribution in [-0.2, 0) is 13.5 Å². The predicted molar refractivity (Wildman–Crippen MR) is 24.4 cm³/mol. The second-order valence-electron chi connectivity index (χ2n) is 0.316. The highest BCUT2D eigenvalue weighted by molar-refractivity contribution is 7.37. The van der Waals surface area contributed by atoms with Gasteiger partial charge in [0.15, 0.2) is 0 Å². The van der Waals surface area contributed by atoms with Crippen LogP contribution in [0.4, 0.5) is 0 Å². The maximum absolute atomic E-state index is 7.21. The van der Waals surface area contributed by atoms with Crippen LogP contribution >= 0.6 is 0 Å². The maximum Gasteiger partial charge on any atom is 0.303 e. The monoisotopic (exact) mass is 118 g/mol. The highest BCUT2D eigenvalue weighted by Gasteiger charge is 1.23. The van der Waals surface area contributed by atoms with Crippen molar-refractivity contribution in [3.8, 4) is 12.4 Å². The zero-order chi connectivity index (χ0) is 5.41. The lowest BCUT2D eigenvalue weighted by Gasteiger charge is -2.00. The Morgan fingerprint density at radius 3 is 1.00 bits per heavy atom. The summed E-state index contributed by atoms with van der Waals surface area (Å²) in [5.74, 6) is 0. The summed E-state index contributed by atoms with van der Waals surface area (Å²) in [6.07, 6.45) is 3.00. The van der Waals surface area contributed by atoms with E-state index < -0.39 is 0 Å². The van der Waals surface area contributed by atoms with Crippen molar-refractivity contribution in [2.45, 2.75) is 0 Å². The molecular weight excluding hydrogens is 112 g/mol. The van der Waals surface area contributed by atoms with Gasteiger partial charge in [-0.05, 0) is 0 Å². The van der Waals surface area contributed by atoms with Gasteiger partial charge in [0.2, 0.25) is 0 Å². The van der Waals surface area contributed by atoms with E-state index in [-0.39, 0.29) is 13.5 Å². The van der Waals surface area contributed by atoms with Gasteiger partial charge in [-0.1, -0.05) is 0 Å². The van der Waals surface area contributed by atoms with Gasteiger partial charge in [-0.15, -0.1) is 10.5 Å². The van der Waals surface area contributed by atoms with Gasteiger partial charge in [0.05, 0.1) is 0 Å². The van der Waals surface area contributed by atoms with E-state index in [1.165, 1.54) is 12.4 Å². The van der Waals surface area contributed by atoms with Crippen LogP contribution in [-0.4, -0.2) is 0 Å². The van der Waals surface area contributed by atoms with E-state index in [0.717, 1.165) is 0 Å². The first-order valence-electron chi connectivity index (χ1n) is 1.15. The van der Waals surface area contributed by atoms with Gasteiger partial charge >= 0.3 is 12.4 Å². The van der Waals surface area contributed by atoms with Gasteiger partial charge in [-0.25, -0.2) is 0 Å². The number of quaternary nitrogens is 2. The Morgan fingerprint density at radius 1 is 1.00 bits per heavy atom. The van der Waals surface area contributed by atoms with E-state index >= 15 is 0 Å². The van der Waals surface area contributed by atoms with Crippen LogP contribution in [0.5, 0.6) is 0 Å². The molecule has 4 nitrogen and oxygen atoms in total. The summed E-state index contributed by atoms with van der Waals surface area (Å²) in [7, 11) is 0. The lowest BCUT2D eigenvalue weighted by atomic mass is 11.5. The summed E-state index contributed by atoms with van der Waals surface area (Å²) in [6, 6.07) is 0. The second-order valence-corrected chi connectivity index (χ2v) is 0.316. The molecule has 0 aliphatic heterocycles. The molecule has 40 valence electrons. The molecule has 0 aliphatic rings. The Kier molecular flexibility index (Phi) is 141. The molecule has 7 heavy (non-hydrogen) atoms. The highest BCUT2D eigenvalue weighted by atomic mass is 32.1. The average molecular weight is 118 g/mol. The zero-order valence-corrected chi connectivity index (χ0v) is 4.53. The fourth-order valence-electron chi connectivity index (χ4n) is 0. The third-order valence-corrected chi connectivity index (χ3v) is 0. The summed E-state index contributed by atoms with van der Waals surface area (Å²) in [5, 5.41) is 14.4. The number of nitrogens with zero attached hydrogens (tertiary/aromatic N) is 2. The molecule has 0 amide bonds. The van der Waals surface area contributed by atoms with Crippen LogP contribution in [0, 0.1) is 22.9 Å². The zero-order valence-electron chi connectivity index (χ0n) is 3.72. The molecule has 0 spiro atoms. The summed E-state index contributed by atoms with van der Waals surface area (Å²) in [5.41, 5.74) is 5.58. The molecule has 0 fully saturated rings. The van der Waals surface area contributed by atoms with Crippen LogP contribution in [0.2, 0.25) is 0 Å². The van der Waals surface area contributed by atoms with Gasteiger partial charge < -0.3 is 13.5 Å². The first kappa shape index (κ1) is 16.3. The van der Waals surface area contributed by atoms with Crippen molar-refractivity contribution >= 4 is 13.5 Å². The Hall–Kier alpha value is -0.750. The minimum atomic E-state index is 0. The fraction of sp³-hybridized carbons (Fsp3) is 0. The molecule has 0 saturated carbocycles. The van der Waals surface area contributed by atoms with E-state index in [1.807, 2.05) is 0 Å². The molecule has 6 N–H and O–H groups in total. The Morgan fingerprint density at radius 2 is 1.00 bits per heavy atom. The molecule has 0 radical (unpaired) electrons. The molecule has 0 atom stereocenters. The summed E-state index contributed by atoms with van der Waals surface area (Å²) >= 11 is 0.